The molecule has 0 fully saturated rings. The number of benzene rings is 3. The fourth-order valence-corrected chi connectivity index (χ4v) is 4.35. The van der Waals surface area contributed by atoms with E-state index in [0.717, 1.165) is 6.26 Å². The predicted molar refractivity (Wildman–Crippen MR) is 127 cm³/mol. The summed E-state index contributed by atoms with van der Waals surface area (Å²) in [6, 6.07) is 17.3. The molecule has 0 saturated heterocycles. The Balaban J connectivity index is 1.78. The van der Waals surface area contributed by atoms with Gasteiger partial charge in [-0.05, 0) is 54.1 Å². The summed E-state index contributed by atoms with van der Waals surface area (Å²) < 4.78 is 25.9. The fraction of sp³-hybridized carbons (Fsp3) is 0.0909. The van der Waals surface area contributed by atoms with Gasteiger partial charge in [0, 0.05) is 26.9 Å². The van der Waals surface area contributed by atoms with Crippen LogP contribution < -0.4 is 15.4 Å². The van der Waals surface area contributed by atoms with Crippen molar-refractivity contribution < 1.29 is 18.0 Å². The lowest BCUT2D eigenvalue weighted by Crippen LogP contribution is -2.29. The van der Waals surface area contributed by atoms with Gasteiger partial charge in [-0.15, -0.1) is 0 Å². The molecule has 0 aliphatic heterocycles. The standard InChI is InChI=1S/C22H19Cl2N3O4S/c1-32(30,31)27(20-11-17(23)10-18(24)12-20)13-14-5-7-15(8-6-14)22(29)26-19-4-2-3-16(9-19)21(25)28/h2-12H,13H2,1H3,(H2,25,28)(H,26,29). The summed E-state index contributed by atoms with van der Waals surface area (Å²) in [5, 5.41) is 3.32. The van der Waals surface area contributed by atoms with Gasteiger partial charge in [-0.25, -0.2) is 8.42 Å². The van der Waals surface area contributed by atoms with Gasteiger partial charge in [-0.3, -0.25) is 13.9 Å². The summed E-state index contributed by atoms with van der Waals surface area (Å²) in [5.41, 5.74) is 7.30. The summed E-state index contributed by atoms with van der Waals surface area (Å²) >= 11 is 12.0. The summed E-state index contributed by atoms with van der Waals surface area (Å²) in [4.78, 5) is 23.8. The van der Waals surface area contributed by atoms with E-state index in [2.05, 4.69) is 5.32 Å². The number of sulfonamides is 1. The maximum absolute atomic E-state index is 12.5. The Morgan fingerprint density at radius 3 is 2.12 bits per heavy atom. The molecule has 0 atom stereocenters. The minimum atomic E-state index is -3.63. The Labute approximate surface area is 195 Å². The van der Waals surface area contributed by atoms with Crippen molar-refractivity contribution >= 4 is 56.4 Å². The molecule has 0 spiro atoms. The Morgan fingerprint density at radius 2 is 1.56 bits per heavy atom. The highest BCUT2D eigenvalue weighted by Gasteiger charge is 2.19. The summed E-state index contributed by atoms with van der Waals surface area (Å²) in [5.74, 6) is -0.985. The van der Waals surface area contributed by atoms with Gasteiger partial charge < -0.3 is 11.1 Å². The molecule has 0 heterocycles. The zero-order chi connectivity index (χ0) is 23.5. The minimum Gasteiger partial charge on any atom is -0.366 e. The monoisotopic (exact) mass is 491 g/mol. The molecule has 3 N–H and O–H groups in total. The molecule has 0 bridgehead atoms. The van der Waals surface area contributed by atoms with E-state index in [-0.39, 0.29) is 18.0 Å². The number of halogens is 2. The van der Waals surface area contributed by atoms with E-state index in [1.54, 1.807) is 42.5 Å². The van der Waals surface area contributed by atoms with Gasteiger partial charge in [0.1, 0.15) is 0 Å². The number of primary amides is 1. The molecule has 32 heavy (non-hydrogen) atoms. The number of rotatable bonds is 7. The zero-order valence-electron chi connectivity index (χ0n) is 16.9. The van der Waals surface area contributed by atoms with E-state index in [1.807, 2.05) is 0 Å². The number of nitrogens with two attached hydrogens (primary N) is 1. The molecule has 0 aliphatic carbocycles. The zero-order valence-corrected chi connectivity index (χ0v) is 19.2. The Morgan fingerprint density at radius 1 is 0.938 bits per heavy atom. The van der Waals surface area contributed by atoms with E-state index < -0.39 is 15.9 Å². The van der Waals surface area contributed by atoms with Gasteiger partial charge in [-0.1, -0.05) is 41.4 Å². The number of hydrogen-bond donors (Lipinski definition) is 2. The maximum Gasteiger partial charge on any atom is 0.255 e. The van der Waals surface area contributed by atoms with E-state index in [4.69, 9.17) is 28.9 Å². The van der Waals surface area contributed by atoms with Gasteiger partial charge in [0.2, 0.25) is 15.9 Å². The molecule has 0 aliphatic rings. The Hall–Kier alpha value is -3.07. The molecular weight excluding hydrogens is 473 g/mol. The van der Waals surface area contributed by atoms with Crippen LogP contribution in [0.15, 0.2) is 66.7 Å². The summed E-state index contributed by atoms with van der Waals surface area (Å²) in [6.45, 7) is 0.0259. The van der Waals surface area contributed by atoms with Crippen molar-refractivity contribution in [2.24, 2.45) is 5.73 Å². The maximum atomic E-state index is 12.5. The van der Waals surface area contributed by atoms with Crippen LogP contribution in [-0.2, 0) is 16.6 Å². The van der Waals surface area contributed by atoms with Crippen molar-refractivity contribution in [2.75, 3.05) is 15.9 Å². The topological polar surface area (TPSA) is 110 Å². The van der Waals surface area contributed by atoms with Crippen LogP contribution >= 0.6 is 23.2 Å². The van der Waals surface area contributed by atoms with Crippen molar-refractivity contribution in [3.63, 3.8) is 0 Å². The van der Waals surface area contributed by atoms with Crippen molar-refractivity contribution in [3.05, 3.63) is 93.5 Å². The van der Waals surface area contributed by atoms with E-state index in [1.165, 1.54) is 28.6 Å². The fourth-order valence-electron chi connectivity index (χ4n) is 2.96. The summed E-state index contributed by atoms with van der Waals surface area (Å²) in [6.07, 6.45) is 1.09. The number of carbonyl (C=O) groups excluding carboxylic acids is 2. The third-order valence-corrected chi connectivity index (χ3v) is 6.06. The first-order valence-electron chi connectivity index (χ1n) is 9.27. The molecule has 3 aromatic carbocycles. The van der Waals surface area contributed by atoms with Crippen LogP contribution in [-0.4, -0.2) is 26.5 Å². The largest absolute Gasteiger partial charge is 0.366 e. The number of carbonyl (C=O) groups is 2. The second-order valence-electron chi connectivity index (χ2n) is 6.99. The Kier molecular flexibility index (Phi) is 7.08. The first kappa shape index (κ1) is 23.6. The van der Waals surface area contributed by atoms with Crippen LogP contribution in [0.3, 0.4) is 0 Å². The number of hydrogen-bond acceptors (Lipinski definition) is 4. The summed E-state index contributed by atoms with van der Waals surface area (Å²) in [7, 11) is -3.63. The van der Waals surface area contributed by atoms with Crippen LogP contribution in [0.2, 0.25) is 10.0 Å². The molecule has 0 saturated carbocycles. The highest BCUT2D eigenvalue weighted by molar-refractivity contribution is 7.92. The van der Waals surface area contributed by atoms with Gasteiger partial charge in [0.05, 0.1) is 18.5 Å². The number of anilines is 2. The van der Waals surface area contributed by atoms with Gasteiger partial charge >= 0.3 is 0 Å². The third-order valence-electron chi connectivity index (χ3n) is 4.48. The number of nitrogens with one attached hydrogen (secondary N) is 1. The van der Waals surface area contributed by atoms with Crippen LogP contribution in [0.4, 0.5) is 11.4 Å². The SMILES string of the molecule is CS(=O)(=O)N(Cc1ccc(C(=O)Nc2cccc(C(N)=O)c2)cc1)c1cc(Cl)cc(Cl)c1. The molecule has 0 unspecified atom stereocenters. The van der Waals surface area contributed by atoms with Gasteiger partial charge in [-0.2, -0.15) is 0 Å². The first-order chi connectivity index (χ1) is 15.0. The van der Waals surface area contributed by atoms with Gasteiger partial charge in [0.25, 0.3) is 5.91 Å². The second kappa shape index (κ2) is 9.60. The van der Waals surface area contributed by atoms with Crippen molar-refractivity contribution in [3.8, 4) is 0 Å². The molecule has 3 aromatic rings. The van der Waals surface area contributed by atoms with E-state index >= 15 is 0 Å². The number of nitrogens with zero attached hydrogens (tertiary/aromatic N) is 1. The van der Waals surface area contributed by atoms with E-state index in [0.29, 0.717) is 32.5 Å². The highest BCUT2D eigenvalue weighted by atomic mass is 35.5. The average Bonchev–Trinajstić information content (AvgIpc) is 2.71. The molecule has 10 heteroatoms. The lowest BCUT2D eigenvalue weighted by atomic mass is 10.1. The van der Waals surface area contributed by atoms with Crippen molar-refractivity contribution in [1.82, 2.24) is 0 Å². The third kappa shape index (κ3) is 6.00. The molecule has 0 radical (unpaired) electrons. The quantitative estimate of drug-likeness (QED) is 0.512. The smallest absolute Gasteiger partial charge is 0.255 e. The highest BCUT2D eigenvalue weighted by Crippen LogP contribution is 2.28. The molecule has 166 valence electrons. The van der Waals surface area contributed by atoms with Crippen LogP contribution in [0.1, 0.15) is 26.3 Å². The number of amides is 2. The van der Waals surface area contributed by atoms with Crippen LogP contribution in [0.25, 0.3) is 0 Å². The van der Waals surface area contributed by atoms with Crippen molar-refractivity contribution in [2.45, 2.75) is 6.54 Å². The Bertz CT molecular complexity index is 1260. The molecule has 0 aromatic heterocycles. The second-order valence-corrected chi connectivity index (χ2v) is 9.77. The molecule has 7 nitrogen and oxygen atoms in total. The molecule has 3 rings (SSSR count). The lowest BCUT2D eigenvalue weighted by Gasteiger charge is -2.23. The minimum absolute atomic E-state index is 0.0259. The normalized spacial score (nSPS) is 11.1. The average molecular weight is 492 g/mol. The van der Waals surface area contributed by atoms with Crippen molar-refractivity contribution in [1.29, 1.82) is 0 Å². The lowest BCUT2D eigenvalue weighted by molar-refractivity contribution is 0.0996. The first-order valence-corrected chi connectivity index (χ1v) is 11.9. The van der Waals surface area contributed by atoms with Gasteiger partial charge in [0.15, 0.2) is 0 Å². The molecule has 2 amide bonds. The van der Waals surface area contributed by atoms with E-state index in [9.17, 15) is 18.0 Å². The molecular formula is C22H19Cl2N3O4S. The van der Waals surface area contributed by atoms with Crippen LogP contribution in [0.5, 0.6) is 0 Å². The van der Waals surface area contributed by atoms with Crippen LogP contribution in [0, 0.1) is 0 Å². The predicted octanol–water partition coefficient (Wildman–Crippen LogP) is 4.31.